The molecule has 1 rings (SSSR count). The zero-order valence-corrected chi connectivity index (χ0v) is 8.95. The minimum Gasteiger partial charge on any atom is -0.305 e. The molecule has 0 spiro atoms. The first-order chi connectivity index (χ1) is 7.95. The van der Waals surface area contributed by atoms with Crippen LogP contribution in [0.3, 0.4) is 0 Å². The lowest BCUT2D eigenvalue weighted by Gasteiger charge is -2.07. The van der Waals surface area contributed by atoms with E-state index in [4.69, 9.17) is 11.6 Å². The van der Waals surface area contributed by atoms with Crippen molar-refractivity contribution in [3.05, 3.63) is 29.6 Å². The van der Waals surface area contributed by atoms with Crippen LogP contribution in [0.2, 0.25) is 0 Å². The molecule has 0 aromatic heterocycles. The summed E-state index contributed by atoms with van der Waals surface area (Å²) in [4.78, 5) is 21.7. The van der Waals surface area contributed by atoms with Gasteiger partial charge in [-0.3, -0.25) is 10.1 Å². The number of carbonyl (C=O) groups is 2. The number of anilines is 1. The van der Waals surface area contributed by atoms with Crippen LogP contribution in [0.5, 0.6) is 0 Å². The van der Waals surface area contributed by atoms with Crippen molar-refractivity contribution in [1.29, 1.82) is 0 Å². The third-order valence-electron chi connectivity index (χ3n) is 1.66. The zero-order valence-electron chi connectivity index (χ0n) is 8.19. The van der Waals surface area contributed by atoms with Crippen LogP contribution in [0.4, 0.5) is 23.7 Å². The van der Waals surface area contributed by atoms with Gasteiger partial charge in [0.2, 0.25) is 5.91 Å². The van der Waals surface area contributed by atoms with Gasteiger partial charge in [0, 0.05) is 0 Å². The average molecular weight is 267 g/mol. The standard InChI is InChI=1S/C9H6ClF3N2O2/c10-3-6(16)15-9(17)14-5-2-1-4(11)7(12)8(5)13/h1-2H,3H2,(H2,14,15,16,17). The number of hydrogen-bond acceptors (Lipinski definition) is 2. The van der Waals surface area contributed by atoms with Crippen LogP contribution in [0, 0.1) is 17.5 Å². The summed E-state index contributed by atoms with van der Waals surface area (Å²) < 4.78 is 38.4. The van der Waals surface area contributed by atoms with Crippen molar-refractivity contribution in [2.24, 2.45) is 0 Å². The molecule has 0 atom stereocenters. The van der Waals surface area contributed by atoms with Crippen molar-refractivity contribution in [1.82, 2.24) is 5.32 Å². The Bertz CT molecular complexity index is 468. The van der Waals surface area contributed by atoms with Crippen LogP contribution >= 0.6 is 11.6 Å². The number of amides is 3. The van der Waals surface area contributed by atoms with E-state index in [-0.39, 0.29) is 0 Å². The Morgan fingerprint density at radius 3 is 2.41 bits per heavy atom. The van der Waals surface area contributed by atoms with Gasteiger partial charge in [0.15, 0.2) is 17.5 Å². The quantitative estimate of drug-likeness (QED) is 0.635. The van der Waals surface area contributed by atoms with E-state index >= 15 is 0 Å². The topological polar surface area (TPSA) is 58.2 Å². The van der Waals surface area contributed by atoms with Gasteiger partial charge in [-0.1, -0.05) is 0 Å². The van der Waals surface area contributed by atoms with Crippen molar-refractivity contribution in [2.45, 2.75) is 0 Å². The summed E-state index contributed by atoms with van der Waals surface area (Å²) in [6.07, 6.45) is 0. The number of benzene rings is 1. The molecule has 0 bridgehead atoms. The summed E-state index contributed by atoms with van der Waals surface area (Å²) in [6, 6.07) is 0.358. The Morgan fingerprint density at radius 1 is 1.18 bits per heavy atom. The minimum absolute atomic E-state index is 0.465. The molecule has 0 unspecified atom stereocenters. The fraction of sp³-hybridized carbons (Fsp3) is 0.111. The molecule has 1 aromatic carbocycles. The van der Waals surface area contributed by atoms with E-state index in [9.17, 15) is 22.8 Å². The highest BCUT2D eigenvalue weighted by atomic mass is 35.5. The number of hydrogen-bond donors (Lipinski definition) is 2. The molecule has 0 fully saturated rings. The monoisotopic (exact) mass is 266 g/mol. The molecule has 0 saturated heterocycles. The molecule has 3 amide bonds. The number of halogens is 4. The molecule has 92 valence electrons. The fourth-order valence-corrected chi connectivity index (χ4v) is 1.00. The van der Waals surface area contributed by atoms with E-state index in [1.165, 1.54) is 0 Å². The lowest BCUT2D eigenvalue weighted by atomic mass is 10.3. The van der Waals surface area contributed by atoms with Crippen LogP contribution in [0.1, 0.15) is 0 Å². The van der Waals surface area contributed by atoms with E-state index < -0.39 is 41.0 Å². The van der Waals surface area contributed by atoms with E-state index in [2.05, 4.69) is 0 Å². The van der Waals surface area contributed by atoms with Crippen LogP contribution in [0.25, 0.3) is 0 Å². The maximum atomic E-state index is 13.1. The number of alkyl halides is 1. The summed E-state index contributed by atoms with van der Waals surface area (Å²) >= 11 is 5.10. The first-order valence-electron chi connectivity index (χ1n) is 4.26. The molecule has 0 saturated carbocycles. The van der Waals surface area contributed by atoms with Gasteiger partial charge in [-0.25, -0.2) is 18.0 Å². The molecule has 1 aromatic rings. The van der Waals surface area contributed by atoms with Gasteiger partial charge in [0.05, 0.1) is 5.69 Å². The Hall–Kier alpha value is -1.76. The lowest BCUT2D eigenvalue weighted by molar-refractivity contribution is -0.117. The SMILES string of the molecule is O=C(CCl)NC(=O)Nc1ccc(F)c(F)c1F. The summed E-state index contributed by atoms with van der Waals surface area (Å²) in [7, 11) is 0. The Balaban J connectivity index is 2.79. The molecular weight excluding hydrogens is 261 g/mol. The third-order valence-corrected chi connectivity index (χ3v) is 1.90. The highest BCUT2D eigenvalue weighted by molar-refractivity contribution is 6.28. The van der Waals surface area contributed by atoms with E-state index in [0.717, 1.165) is 6.07 Å². The second-order valence-corrected chi connectivity index (χ2v) is 3.13. The summed E-state index contributed by atoms with van der Waals surface area (Å²) in [5.74, 6) is -5.93. The minimum atomic E-state index is -1.72. The largest absolute Gasteiger partial charge is 0.325 e. The van der Waals surface area contributed by atoms with Gasteiger partial charge >= 0.3 is 6.03 Å². The molecule has 0 aliphatic rings. The van der Waals surface area contributed by atoms with Crippen molar-refractivity contribution in [3.63, 3.8) is 0 Å². The Labute approximate surface area is 98.7 Å². The highest BCUT2D eigenvalue weighted by Crippen LogP contribution is 2.19. The molecule has 2 N–H and O–H groups in total. The number of urea groups is 1. The average Bonchev–Trinajstić information content (AvgIpc) is 2.29. The number of rotatable bonds is 2. The van der Waals surface area contributed by atoms with E-state index in [0.29, 0.717) is 6.07 Å². The van der Waals surface area contributed by atoms with E-state index in [1.807, 2.05) is 5.32 Å². The molecule has 0 aliphatic heterocycles. The third kappa shape index (κ3) is 3.35. The van der Waals surface area contributed by atoms with Crippen molar-refractivity contribution in [2.75, 3.05) is 11.2 Å². The highest BCUT2D eigenvalue weighted by Gasteiger charge is 2.15. The molecule has 0 heterocycles. The molecule has 8 heteroatoms. The Kier molecular flexibility index (Phi) is 4.33. The van der Waals surface area contributed by atoms with Crippen LogP contribution in [0.15, 0.2) is 12.1 Å². The van der Waals surface area contributed by atoms with Gasteiger partial charge in [0.25, 0.3) is 0 Å². The second-order valence-electron chi connectivity index (χ2n) is 2.86. The van der Waals surface area contributed by atoms with Gasteiger partial charge < -0.3 is 5.32 Å². The van der Waals surface area contributed by atoms with Crippen molar-refractivity contribution in [3.8, 4) is 0 Å². The van der Waals surface area contributed by atoms with Gasteiger partial charge in [-0.15, -0.1) is 11.6 Å². The van der Waals surface area contributed by atoms with Crippen LogP contribution in [-0.4, -0.2) is 17.8 Å². The zero-order chi connectivity index (χ0) is 13.0. The summed E-state index contributed by atoms with van der Waals surface area (Å²) in [5.41, 5.74) is -0.594. The normalized spacial score (nSPS) is 9.88. The van der Waals surface area contributed by atoms with E-state index in [1.54, 1.807) is 5.32 Å². The molecule has 4 nitrogen and oxygen atoms in total. The smallest absolute Gasteiger partial charge is 0.305 e. The van der Waals surface area contributed by atoms with Crippen LogP contribution < -0.4 is 10.6 Å². The molecule has 0 aliphatic carbocycles. The first-order valence-corrected chi connectivity index (χ1v) is 4.79. The predicted octanol–water partition coefficient (Wildman–Crippen LogP) is 1.99. The number of carbonyl (C=O) groups excluding carboxylic acids is 2. The number of imide groups is 1. The Morgan fingerprint density at radius 2 is 1.82 bits per heavy atom. The maximum absolute atomic E-state index is 13.1. The predicted molar refractivity (Wildman–Crippen MR) is 54.2 cm³/mol. The maximum Gasteiger partial charge on any atom is 0.325 e. The summed E-state index contributed by atoms with van der Waals surface area (Å²) in [6.45, 7) is 0. The van der Waals surface area contributed by atoms with Gasteiger partial charge in [-0.05, 0) is 12.1 Å². The number of nitrogens with one attached hydrogen (secondary N) is 2. The molecule has 17 heavy (non-hydrogen) atoms. The lowest BCUT2D eigenvalue weighted by Crippen LogP contribution is -2.35. The molecule has 0 radical (unpaired) electrons. The molecular formula is C9H6ClF3N2O2. The van der Waals surface area contributed by atoms with Gasteiger partial charge in [-0.2, -0.15) is 0 Å². The second kappa shape index (κ2) is 5.53. The van der Waals surface area contributed by atoms with Crippen molar-refractivity contribution >= 4 is 29.2 Å². The van der Waals surface area contributed by atoms with Crippen LogP contribution in [-0.2, 0) is 4.79 Å². The van der Waals surface area contributed by atoms with Crippen molar-refractivity contribution < 1.29 is 22.8 Å². The fourth-order valence-electron chi connectivity index (χ4n) is 0.936. The summed E-state index contributed by atoms with van der Waals surface area (Å²) in [5, 5.41) is 3.57. The van der Waals surface area contributed by atoms with Gasteiger partial charge in [0.1, 0.15) is 5.88 Å². The first kappa shape index (κ1) is 13.3.